The minimum absolute atomic E-state index is 0.528. The van der Waals surface area contributed by atoms with Crippen molar-refractivity contribution < 1.29 is 4.74 Å². The van der Waals surface area contributed by atoms with E-state index in [9.17, 15) is 0 Å². The molecule has 17 heavy (non-hydrogen) atoms. The summed E-state index contributed by atoms with van der Waals surface area (Å²) in [5.74, 6) is 1.13. The van der Waals surface area contributed by atoms with Gasteiger partial charge in [0.05, 0.1) is 6.73 Å². The third kappa shape index (κ3) is 6.71. The van der Waals surface area contributed by atoms with Crippen LogP contribution in [0.25, 0.3) is 0 Å². The van der Waals surface area contributed by atoms with Crippen LogP contribution in [-0.2, 0) is 11.3 Å². The molecular formula is C14H25NOS. The number of benzene rings is 1. The normalized spacial score (nSPS) is 13.0. The number of rotatable bonds is 7. The van der Waals surface area contributed by atoms with E-state index in [1.54, 1.807) is 0 Å². The highest BCUT2D eigenvalue weighted by atomic mass is 32.3. The number of nitrogens with zero attached hydrogens (tertiary/aromatic N) is 1. The fourth-order valence-corrected chi connectivity index (χ4v) is 3.00. The van der Waals surface area contributed by atoms with E-state index in [-0.39, 0.29) is 0 Å². The average Bonchev–Trinajstić information content (AvgIpc) is 2.25. The molecule has 0 saturated carbocycles. The molecule has 1 aromatic rings. The topological polar surface area (TPSA) is 12.5 Å². The molecule has 0 bridgehead atoms. The van der Waals surface area contributed by atoms with Gasteiger partial charge in [-0.25, -0.2) is 10.0 Å². The van der Waals surface area contributed by atoms with Gasteiger partial charge in [0.15, 0.2) is 0 Å². The zero-order valence-electron chi connectivity index (χ0n) is 11.5. The van der Waals surface area contributed by atoms with Gasteiger partial charge in [0, 0.05) is 19.0 Å². The second-order valence-corrected chi connectivity index (χ2v) is 9.60. The highest BCUT2D eigenvalue weighted by Crippen LogP contribution is 2.35. The molecule has 0 atom stereocenters. The molecule has 0 unspecified atom stereocenters. The summed E-state index contributed by atoms with van der Waals surface area (Å²) < 4.78 is 5.55. The summed E-state index contributed by atoms with van der Waals surface area (Å²) in [6.07, 6.45) is 7.03. The van der Waals surface area contributed by atoms with Gasteiger partial charge in [-0.3, -0.25) is 4.90 Å². The van der Waals surface area contributed by atoms with Crippen molar-refractivity contribution >= 4 is 10.0 Å². The Balaban J connectivity index is 2.57. The molecule has 0 amide bonds. The lowest BCUT2D eigenvalue weighted by Gasteiger charge is -2.33. The lowest BCUT2D eigenvalue weighted by molar-refractivity contribution is 0.0424. The minimum atomic E-state index is -0.528. The van der Waals surface area contributed by atoms with Crippen LogP contribution in [-0.4, -0.2) is 42.9 Å². The van der Waals surface area contributed by atoms with Gasteiger partial charge in [-0.2, -0.15) is 0 Å². The molecule has 0 fully saturated rings. The van der Waals surface area contributed by atoms with Crippen LogP contribution in [0.15, 0.2) is 30.3 Å². The first-order chi connectivity index (χ1) is 8.01. The summed E-state index contributed by atoms with van der Waals surface area (Å²) in [5, 5.41) is 0. The van der Waals surface area contributed by atoms with Crippen molar-refractivity contribution in [2.24, 2.45) is 0 Å². The van der Waals surface area contributed by atoms with E-state index >= 15 is 0 Å². The summed E-state index contributed by atoms with van der Waals surface area (Å²) in [5.41, 5.74) is 1.36. The van der Waals surface area contributed by atoms with Crippen LogP contribution in [0, 0.1) is 0 Å². The van der Waals surface area contributed by atoms with Crippen LogP contribution >= 0.6 is 10.0 Å². The van der Waals surface area contributed by atoms with Gasteiger partial charge in [-0.1, -0.05) is 30.3 Å². The van der Waals surface area contributed by atoms with Crippen LogP contribution in [0.3, 0.4) is 0 Å². The minimum Gasteiger partial charge on any atom is -0.366 e. The molecule has 0 aliphatic rings. The summed E-state index contributed by atoms with van der Waals surface area (Å²) in [7, 11) is -0.528. The second kappa shape index (κ2) is 7.04. The van der Waals surface area contributed by atoms with Crippen molar-refractivity contribution in [1.82, 2.24) is 4.90 Å². The maximum Gasteiger partial charge on any atom is 0.0999 e. The molecule has 3 heteroatoms. The Hall–Kier alpha value is -0.510. The predicted octanol–water partition coefficient (Wildman–Crippen LogP) is 3.13. The van der Waals surface area contributed by atoms with Crippen molar-refractivity contribution in [2.75, 3.05) is 38.0 Å². The largest absolute Gasteiger partial charge is 0.366 e. The standard InChI is InChI=1S/C14H25NOS/c1-5-16-12-15(13-17(2,3)4)11-14-9-7-6-8-10-14/h6-10H,5,11-13H2,1-4H3. The summed E-state index contributed by atoms with van der Waals surface area (Å²) in [6, 6.07) is 10.6. The van der Waals surface area contributed by atoms with E-state index in [1.165, 1.54) is 5.56 Å². The molecule has 98 valence electrons. The maximum atomic E-state index is 5.55. The quantitative estimate of drug-likeness (QED) is 0.694. The van der Waals surface area contributed by atoms with Gasteiger partial charge < -0.3 is 4.74 Å². The highest BCUT2D eigenvalue weighted by Gasteiger charge is 2.12. The lowest BCUT2D eigenvalue weighted by Crippen LogP contribution is -2.29. The molecule has 0 spiro atoms. The highest BCUT2D eigenvalue weighted by molar-refractivity contribution is 8.32. The Kier molecular flexibility index (Phi) is 6.03. The smallest absolute Gasteiger partial charge is 0.0999 e. The number of hydrogen-bond acceptors (Lipinski definition) is 2. The molecule has 0 N–H and O–H groups in total. The first kappa shape index (κ1) is 14.6. The van der Waals surface area contributed by atoms with E-state index in [0.717, 1.165) is 25.8 Å². The fourth-order valence-electron chi connectivity index (χ4n) is 1.74. The van der Waals surface area contributed by atoms with Crippen LogP contribution in [0.1, 0.15) is 12.5 Å². The molecule has 0 aliphatic heterocycles. The molecule has 0 aromatic heterocycles. The van der Waals surface area contributed by atoms with E-state index < -0.39 is 10.0 Å². The van der Waals surface area contributed by atoms with Gasteiger partial charge >= 0.3 is 0 Å². The molecule has 0 heterocycles. The molecule has 2 nitrogen and oxygen atoms in total. The molecule has 1 aromatic carbocycles. The van der Waals surface area contributed by atoms with E-state index in [0.29, 0.717) is 0 Å². The Morgan fingerprint density at radius 1 is 1.12 bits per heavy atom. The Morgan fingerprint density at radius 2 is 1.76 bits per heavy atom. The Labute approximate surface area is 107 Å². The predicted molar refractivity (Wildman–Crippen MR) is 78.7 cm³/mol. The monoisotopic (exact) mass is 255 g/mol. The van der Waals surface area contributed by atoms with E-state index in [2.05, 4.69) is 54.0 Å². The average molecular weight is 255 g/mol. The zero-order chi connectivity index (χ0) is 12.7. The first-order valence-electron chi connectivity index (χ1n) is 6.01. The first-order valence-corrected chi connectivity index (χ1v) is 9.04. The van der Waals surface area contributed by atoms with Gasteiger partial charge in [0.2, 0.25) is 0 Å². The molecule has 0 radical (unpaired) electrons. The van der Waals surface area contributed by atoms with Gasteiger partial charge in [-0.05, 0) is 31.3 Å². The van der Waals surface area contributed by atoms with Crippen molar-refractivity contribution in [2.45, 2.75) is 13.5 Å². The summed E-state index contributed by atoms with van der Waals surface area (Å²) in [4.78, 5) is 2.40. The van der Waals surface area contributed by atoms with E-state index in [1.807, 2.05) is 6.92 Å². The molecule has 1 rings (SSSR count). The van der Waals surface area contributed by atoms with Gasteiger partial charge in [0.1, 0.15) is 0 Å². The van der Waals surface area contributed by atoms with Crippen molar-refractivity contribution in [3.63, 3.8) is 0 Å². The van der Waals surface area contributed by atoms with Crippen LogP contribution in [0.4, 0.5) is 0 Å². The van der Waals surface area contributed by atoms with Crippen LogP contribution in [0.5, 0.6) is 0 Å². The molecule has 0 saturated heterocycles. The summed E-state index contributed by atoms with van der Waals surface area (Å²) >= 11 is 0. The van der Waals surface area contributed by atoms with Crippen molar-refractivity contribution in [3.8, 4) is 0 Å². The molecule has 0 aliphatic carbocycles. The third-order valence-electron chi connectivity index (χ3n) is 2.30. The fraction of sp³-hybridized carbons (Fsp3) is 0.571. The number of ether oxygens (including phenoxy) is 1. The second-order valence-electron chi connectivity index (χ2n) is 5.16. The van der Waals surface area contributed by atoms with Crippen LogP contribution in [0.2, 0.25) is 0 Å². The molecular weight excluding hydrogens is 230 g/mol. The van der Waals surface area contributed by atoms with Gasteiger partial charge in [0.25, 0.3) is 0 Å². The zero-order valence-corrected chi connectivity index (χ0v) is 12.3. The number of hydrogen-bond donors (Lipinski definition) is 0. The maximum absolute atomic E-state index is 5.55. The van der Waals surface area contributed by atoms with Crippen molar-refractivity contribution in [1.29, 1.82) is 0 Å². The Morgan fingerprint density at radius 3 is 2.29 bits per heavy atom. The van der Waals surface area contributed by atoms with Crippen molar-refractivity contribution in [3.05, 3.63) is 35.9 Å². The Bertz CT molecular complexity index is 308. The van der Waals surface area contributed by atoms with Crippen LogP contribution < -0.4 is 0 Å². The SMILES string of the molecule is CCOCN(Cc1ccccc1)CS(C)(C)C. The van der Waals surface area contributed by atoms with Gasteiger partial charge in [-0.15, -0.1) is 0 Å². The van der Waals surface area contributed by atoms with E-state index in [4.69, 9.17) is 4.74 Å². The lowest BCUT2D eigenvalue weighted by atomic mass is 10.2. The third-order valence-corrected chi connectivity index (χ3v) is 3.44. The summed E-state index contributed by atoms with van der Waals surface area (Å²) in [6.45, 7) is 4.54.